The lowest BCUT2D eigenvalue weighted by atomic mass is 9.98. The third-order valence-corrected chi connectivity index (χ3v) is 10.3. The van der Waals surface area contributed by atoms with Gasteiger partial charge in [-0.15, -0.1) is 0 Å². The molecular weight excluding hydrogens is 663 g/mol. The Morgan fingerprint density at radius 3 is 1.52 bits per heavy atom. The molecule has 3 heterocycles. The molecule has 0 radical (unpaired) electrons. The van der Waals surface area contributed by atoms with Crippen LogP contribution in [0.4, 0.5) is 0 Å². The monoisotopic (exact) mass is 691 g/mol. The fourth-order valence-corrected chi connectivity index (χ4v) is 7.66. The zero-order chi connectivity index (χ0) is 35.6. The molecule has 0 N–H and O–H groups in total. The van der Waals surface area contributed by atoms with Gasteiger partial charge in [0.1, 0.15) is 22.3 Å². The van der Waals surface area contributed by atoms with Gasteiger partial charge in [-0.25, -0.2) is 15.0 Å². The third-order valence-electron chi connectivity index (χ3n) is 10.3. The minimum atomic E-state index is 0.568. The van der Waals surface area contributed by atoms with E-state index in [-0.39, 0.29) is 0 Å². The number of hydrogen-bond donors (Lipinski definition) is 0. The highest BCUT2D eigenvalue weighted by atomic mass is 16.3. The van der Waals surface area contributed by atoms with Crippen LogP contribution in [0.15, 0.2) is 185 Å². The van der Waals surface area contributed by atoms with E-state index in [0.717, 1.165) is 93.6 Å². The van der Waals surface area contributed by atoms with Crippen LogP contribution in [-0.4, -0.2) is 15.0 Å². The molecular formula is C49H29N3O2. The van der Waals surface area contributed by atoms with Crippen molar-refractivity contribution in [2.24, 2.45) is 0 Å². The first-order valence-corrected chi connectivity index (χ1v) is 18.0. The van der Waals surface area contributed by atoms with Crippen molar-refractivity contribution in [2.45, 2.75) is 0 Å². The van der Waals surface area contributed by atoms with Gasteiger partial charge in [0.15, 0.2) is 17.5 Å². The van der Waals surface area contributed by atoms with E-state index >= 15 is 0 Å². The number of nitrogens with zero attached hydrogens (tertiary/aromatic N) is 3. The van der Waals surface area contributed by atoms with Crippen molar-refractivity contribution in [3.63, 3.8) is 0 Å². The molecule has 54 heavy (non-hydrogen) atoms. The Hall–Kier alpha value is -7.37. The van der Waals surface area contributed by atoms with Crippen LogP contribution in [0, 0.1) is 0 Å². The second-order valence-corrected chi connectivity index (χ2v) is 13.6. The topological polar surface area (TPSA) is 65.0 Å². The van der Waals surface area contributed by atoms with Gasteiger partial charge in [0.2, 0.25) is 0 Å². The van der Waals surface area contributed by atoms with Crippen LogP contribution >= 0.6 is 0 Å². The zero-order valence-corrected chi connectivity index (χ0v) is 28.9. The van der Waals surface area contributed by atoms with Gasteiger partial charge in [-0.1, -0.05) is 140 Å². The van der Waals surface area contributed by atoms with E-state index in [4.69, 9.17) is 23.8 Å². The predicted octanol–water partition coefficient (Wildman–Crippen LogP) is 13.2. The van der Waals surface area contributed by atoms with Crippen molar-refractivity contribution in [1.82, 2.24) is 15.0 Å². The first-order valence-electron chi connectivity index (χ1n) is 18.0. The maximum absolute atomic E-state index is 6.65. The van der Waals surface area contributed by atoms with Gasteiger partial charge in [-0.05, 0) is 64.0 Å². The van der Waals surface area contributed by atoms with Crippen molar-refractivity contribution >= 4 is 54.6 Å². The quantitative estimate of drug-likeness (QED) is 0.180. The summed E-state index contributed by atoms with van der Waals surface area (Å²) in [5.74, 6) is 1.74. The molecule has 0 aliphatic rings. The summed E-state index contributed by atoms with van der Waals surface area (Å²) in [5.41, 5.74) is 10.5. The largest absolute Gasteiger partial charge is 0.456 e. The van der Waals surface area contributed by atoms with Crippen LogP contribution in [0.25, 0.3) is 111 Å². The molecule has 5 heteroatoms. The molecule has 5 nitrogen and oxygen atoms in total. The molecule has 8 aromatic carbocycles. The summed E-state index contributed by atoms with van der Waals surface area (Å²) >= 11 is 0. The number of benzene rings is 8. The van der Waals surface area contributed by atoms with Crippen molar-refractivity contribution in [3.8, 4) is 56.4 Å². The normalized spacial score (nSPS) is 11.7. The van der Waals surface area contributed by atoms with Gasteiger partial charge in [0.25, 0.3) is 0 Å². The van der Waals surface area contributed by atoms with E-state index < -0.39 is 0 Å². The molecule has 0 aliphatic carbocycles. The minimum absolute atomic E-state index is 0.568. The Bertz CT molecular complexity index is 3200. The van der Waals surface area contributed by atoms with Crippen molar-refractivity contribution in [1.29, 1.82) is 0 Å². The molecule has 0 fully saturated rings. The summed E-state index contributed by atoms with van der Waals surface area (Å²) in [4.78, 5) is 15.5. The third kappa shape index (κ3) is 4.98. The van der Waals surface area contributed by atoms with Crippen LogP contribution in [0.3, 0.4) is 0 Å². The van der Waals surface area contributed by atoms with Gasteiger partial charge in [0.05, 0.1) is 0 Å². The van der Waals surface area contributed by atoms with E-state index in [9.17, 15) is 0 Å². The van der Waals surface area contributed by atoms with Crippen molar-refractivity contribution < 1.29 is 8.83 Å². The number of hydrogen-bond acceptors (Lipinski definition) is 5. The van der Waals surface area contributed by atoms with Crippen LogP contribution in [0.1, 0.15) is 0 Å². The number of aromatic nitrogens is 3. The average Bonchev–Trinajstić information content (AvgIpc) is 3.81. The summed E-state index contributed by atoms with van der Waals surface area (Å²) in [6.45, 7) is 0. The highest BCUT2D eigenvalue weighted by molar-refractivity contribution is 6.19. The maximum atomic E-state index is 6.65. The number of para-hydroxylation sites is 1. The van der Waals surface area contributed by atoms with Crippen molar-refractivity contribution in [2.75, 3.05) is 0 Å². The van der Waals surface area contributed by atoms with Crippen LogP contribution in [-0.2, 0) is 0 Å². The average molecular weight is 692 g/mol. The summed E-state index contributed by atoms with van der Waals surface area (Å²) in [5, 5.41) is 6.19. The van der Waals surface area contributed by atoms with Gasteiger partial charge < -0.3 is 8.83 Å². The van der Waals surface area contributed by atoms with E-state index in [1.54, 1.807) is 0 Å². The minimum Gasteiger partial charge on any atom is -0.456 e. The van der Waals surface area contributed by atoms with Crippen molar-refractivity contribution in [3.05, 3.63) is 176 Å². The van der Waals surface area contributed by atoms with E-state index in [2.05, 4.69) is 140 Å². The molecule has 11 rings (SSSR count). The molecule has 0 bridgehead atoms. The SMILES string of the molecule is c1ccc(-c2ccc(-c3nc(-c4ccc5c(c4)oc4ccccc45)nc(-c4cc5c6ccc(-c7ccccc7)cc6oc5c5ccccc45)n3)cc2)cc1. The van der Waals surface area contributed by atoms with Gasteiger partial charge in [0, 0.05) is 43.6 Å². The molecule has 0 spiro atoms. The Morgan fingerprint density at radius 2 is 0.759 bits per heavy atom. The summed E-state index contributed by atoms with van der Waals surface area (Å²) < 4.78 is 12.9. The molecule has 0 unspecified atom stereocenters. The highest BCUT2D eigenvalue weighted by Crippen LogP contribution is 2.41. The maximum Gasteiger partial charge on any atom is 0.164 e. The van der Waals surface area contributed by atoms with Gasteiger partial charge >= 0.3 is 0 Å². The van der Waals surface area contributed by atoms with Gasteiger partial charge in [-0.2, -0.15) is 0 Å². The smallest absolute Gasteiger partial charge is 0.164 e. The molecule has 0 saturated carbocycles. The van der Waals surface area contributed by atoms with E-state index in [1.807, 2.05) is 36.4 Å². The molecule has 0 saturated heterocycles. The first kappa shape index (κ1) is 30.3. The lowest BCUT2D eigenvalue weighted by Gasteiger charge is -2.11. The summed E-state index contributed by atoms with van der Waals surface area (Å²) in [7, 11) is 0. The second-order valence-electron chi connectivity index (χ2n) is 13.6. The fourth-order valence-electron chi connectivity index (χ4n) is 7.66. The number of furan rings is 2. The fraction of sp³-hybridized carbons (Fsp3) is 0. The highest BCUT2D eigenvalue weighted by Gasteiger charge is 2.20. The first-order chi connectivity index (χ1) is 26.7. The Balaban J connectivity index is 1.12. The number of rotatable bonds is 5. The standard InChI is InChI=1S/C49H29N3O2/c1-3-11-30(12-4-1)32-19-21-33(22-20-32)47-50-48(35-24-26-38-37-16-9-10-18-43(37)53-44(38)28-35)52-49(51-47)42-29-41-39-25-23-34(31-13-5-2-6-14-31)27-45(39)54-46(41)40-17-8-7-15-36(40)42/h1-29H. The van der Waals surface area contributed by atoms with E-state index in [1.165, 1.54) is 0 Å². The summed E-state index contributed by atoms with van der Waals surface area (Å²) in [6.07, 6.45) is 0. The molecule has 0 atom stereocenters. The molecule has 0 amide bonds. The molecule has 0 aliphatic heterocycles. The van der Waals surface area contributed by atoms with Crippen LogP contribution in [0.5, 0.6) is 0 Å². The molecule has 252 valence electrons. The molecule has 11 aromatic rings. The number of fused-ring (bicyclic) bond motifs is 8. The Labute approximate surface area is 309 Å². The lowest BCUT2D eigenvalue weighted by molar-refractivity contribution is 0.669. The second kappa shape index (κ2) is 12.1. The van der Waals surface area contributed by atoms with Crippen LogP contribution < -0.4 is 0 Å². The van der Waals surface area contributed by atoms with Crippen LogP contribution in [0.2, 0.25) is 0 Å². The zero-order valence-electron chi connectivity index (χ0n) is 28.9. The Kier molecular flexibility index (Phi) is 6.79. The molecule has 3 aromatic heterocycles. The summed E-state index contributed by atoms with van der Waals surface area (Å²) in [6, 6.07) is 60.4. The van der Waals surface area contributed by atoms with Gasteiger partial charge in [-0.3, -0.25) is 0 Å². The van der Waals surface area contributed by atoms with E-state index in [0.29, 0.717) is 17.5 Å². The Morgan fingerprint density at radius 1 is 0.278 bits per heavy atom. The predicted molar refractivity (Wildman–Crippen MR) is 219 cm³/mol. The lowest BCUT2D eigenvalue weighted by Crippen LogP contribution is -2.00.